The molecule has 2 aromatic rings. The number of alkyl halides is 1. The Balaban J connectivity index is 2.07. The first-order chi connectivity index (χ1) is 9.20. The molecule has 0 saturated carbocycles. The zero-order chi connectivity index (χ0) is 13.7. The number of benzene rings is 1. The molecule has 1 aromatic carbocycles. The average molecular weight is 320 g/mol. The number of halogens is 1. The predicted molar refractivity (Wildman–Crippen MR) is 77.9 cm³/mol. The fourth-order valence-electron chi connectivity index (χ4n) is 1.70. The number of Topliss-reactive ketones (excluding diaryl/α,β-unsaturated/α-hetero) is 1. The molecule has 0 N–H and O–H groups in total. The Morgan fingerprint density at radius 1 is 1.32 bits per heavy atom. The van der Waals surface area contributed by atoms with Crippen LogP contribution in [0.25, 0.3) is 0 Å². The van der Waals surface area contributed by atoms with E-state index in [-0.39, 0.29) is 5.78 Å². The van der Waals surface area contributed by atoms with Gasteiger partial charge in [-0.15, -0.1) is 0 Å². The molecule has 1 aromatic heterocycles. The number of ether oxygens (including phenoxy) is 1. The third-order valence-corrected chi connectivity index (χ3v) is 3.23. The van der Waals surface area contributed by atoms with Gasteiger partial charge in [-0.25, -0.2) is 0 Å². The number of nitrogens with zero attached hydrogens (tertiary/aromatic N) is 1. The van der Waals surface area contributed by atoms with Gasteiger partial charge in [0.15, 0.2) is 5.78 Å². The number of aromatic nitrogens is 1. The zero-order valence-electron chi connectivity index (χ0n) is 10.6. The molecular formula is C15H14BrNO2. The van der Waals surface area contributed by atoms with Crippen molar-refractivity contribution in [2.75, 3.05) is 5.33 Å². The van der Waals surface area contributed by atoms with E-state index in [9.17, 15) is 4.79 Å². The highest BCUT2D eigenvalue weighted by molar-refractivity contribution is 9.09. The van der Waals surface area contributed by atoms with E-state index < -0.39 is 0 Å². The number of pyridine rings is 1. The molecule has 0 aliphatic heterocycles. The molecule has 2 rings (SSSR count). The van der Waals surface area contributed by atoms with Gasteiger partial charge < -0.3 is 4.74 Å². The Bertz CT molecular complexity index is 570. The summed E-state index contributed by atoms with van der Waals surface area (Å²) in [6.45, 7) is 2.35. The Kier molecular flexibility index (Phi) is 4.68. The van der Waals surface area contributed by atoms with Crippen molar-refractivity contribution in [2.45, 2.75) is 13.5 Å². The minimum atomic E-state index is 0.0689. The summed E-state index contributed by atoms with van der Waals surface area (Å²) < 4.78 is 5.71. The molecule has 0 bridgehead atoms. The second-order valence-corrected chi connectivity index (χ2v) is 4.71. The summed E-state index contributed by atoms with van der Waals surface area (Å²) in [6.07, 6.45) is 1.74. The van der Waals surface area contributed by atoms with Crippen molar-refractivity contribution >= 4 is 21.7 Å². The van der Waals surface area contributed by atoms with Crippen LogP contribution in [-0.4, -0.2) is 16.1 Å². The third kappa shape index (κ3) is 3.64. The lowest BCUT2D eigenvalue weighted by atomic mass is 10.1. The van der Waals surface area contributed by atoms with Gasteiger partial charge in [0.1, 0.15) is 12.4 Å². The maximum Gasteiger partial charge on any atom is 0.173 e. The van der Waals surface area contributed by atoms with E-state index in [0.29, 0.717) is 17.5 Å². The van der Waals surface area contributed by atoms with Crippen LogP contribution in [0.2, 0.25) is 0 Å². The van der Waals surface area contributed by atoms with Crippen molar-refractivity contribution in [3.8, 4) is 5.75 Å². The Morgan fingerprint density at radius 2 is 2.16 bits per heavy atom. The topological polar surface area (TPSA) is 39.2 Å². The first kappa shape index (κ1) is 13.7. The highest BCUT2D eigenvalue weighted by Gasteiger charge is 2.07. The zero-order valence-corrected chi connectivity index (χ0v) is 12.2. The first-order valence-electron chi connectivity index (χ1n) is 5.93. The van der Waals surface area contributed by atoms with Crippen LogP contribution in [0.1, 0.15) is 21.6 Å². The predicted octanol–water partition coefficient (Wildman–Crippen LogP) is 3.55. The van der Waals surface area contributed by atoms with E-state index in [1.807, 2.05) is 37.3 Å². The summed E-state index contributed by atoms with van der Waals surface area (Å²) in [6, 6.07) is 11.2. The molecule has 4 heteroatoms. The first-order valence-corrected chi connectivity index (χ1v) is 7.05. The molecular weight excluding hydrogens is 306 g/mol. The van der Waals surface area contributed by atoms with Crippen molar-refractivity contribution in [1.29, 1.82) is 0 Å². The molecule has 0 radical (unpaired) electrons. The van der Waals surface area contributed by atoms with Gasteiger partial charge in [-0.2, -0.15) is 0 Å². The number of aryl methyl sites for hydroxylation is 1. The summed E-state index contributed by atoms with van der Waals surface area (Å²) >= 11 is 3.17. The standard InChI is InChI=1S/C15H14BrNO2/c1-11-8-12(14(18)9-16)5-6-15(11)19-10-13-4-2-3-7-17-13/h2-8H,9-10H2,1H3. The van der Waals surface area contributed by atoms with Crippen molar-refractivity contribution in [1.82, 2.24) is 4.98 Å². The van der Waals surface area contributed by atoms with Crippen molar-refractivity contribution in [3.63, 3.8) is 0 Å². The summed E-state index contributed by atoms with van der Waals surface area (Å²) in [7, 11) is 0. The molecule has 0 saturated heterocycles. The normalized spacial score (nSPS) is 10.2. The van der Waals surface area contributed by atoms with Crippen LogP contribution in [0, 0.1) is 6.92 Å². The fourth-order valence-corrected chi connectivity index (χ4v) is 2.02. The molecule has 0 amide bonds. The van der Waals surface area contributed by atoms with Gasteiger partial charge in [-0.1, -0.05) is 22.0 Å². The molecule has 98 valence electrons. The van der Waals surface area contributed by atoms with Crippen LogP contribution in [0.4, 0.5) is 0 Å². The number of ketones is 1. The van der Waals surface area contributed by atoms with Crippen LogP contribution in [0.15, 0.2) is 42.6 Å². The molecule has 0 aliphatic carbocycles. The minimum absolute atomic E-state index is 0.0689. The van der Waals surface area contributed by atoms with Crippen molar-refractivity contribution in [2.24, 2.45) is 0 Å². The summed E-state index contributed by atoms with van der Waals surface area (Å²) in [4.78, 5) is 15.8. The lowest BCUT2D eigenvalue weighted by Gasteiger charge is -2.09. The van der Waals surface area contributed by atoms with E-state index in [1.165, 1.54) is 0 Å². The fraction of sp³-hybridized carbons (Fsp3) is 0.200. The van der Waals surface area contributed by atoms with E-state index >= 15 is 0 Å². The average Bonchev–Trinajstić information content (AvgIpc) is 2.46. The second-order valence-electron chi connectivity index (χ2n) is 4.15. The second kappa shape index (κ2) is 6.48. The Morgan fingerprint density at radius 3 is 2.79 bits per heavy atom. The maximum absolute atomic E-state index is 11.6. The largest absolute Gasteiger partial charge is 0.487 e. The van der Waals surface area contributed by atoms with E-state index in [1.54, 1.807) is 12.3 Å². The van der Waals surface area contributed by atoms with Crippen LogP contribution in [-0.2, 0) is 6.61 Å². The molecule has 1 heterocycles. The highest BCUT2D eigenvalue weighted by Crippen LogP contribution is 2.20. The molecule has 0 unspecified atom stereocenters. The van der Waals surface area contributed by atoms with Crippen LogP contribution in [0.5, 0.6) is 5.75 Å². The van der Waals surface area contributed by atoms with Gasteiger partial charge in [-0.3, -0.25) is 9.78 Å². The number of hydrogen-bond acceptors (Lipinski definition) is 3. The summed E-state index contributed by atoms with van der Waals surface area (Å²) in [5.74, 6) is 0.844. The lowest BCUT2D eigenvalue weighted by molar-refractivity contribution is 0.102. The van der Waals surface area contributed by atoms with Gasteiger partial charge >= 0.3 is 0 Å². The van der Waals surface area contributed by atoms with E-state index in [2.05, 4.69) is 20.9 Å². The summed E-state index contributed by atoms with van der Waals surface area (Å²) in [5, 5.41) is 0.334. The molecule has 3 nitrogen and oxygen atoms in total. The van der Waals surface area contributed by atoms with Gasteiger partial charge in [0.25, 0.3) is 0 Å². The lowest BCUT2D eigenvalue weighted by Crippen LogP contribution is -2.02. The van der Waals surface area contributed by atoms with Gasteiger partial charge in [0.05, 0.1) is 11.0 Å². The smallest absolute Gasteiger partial charge is 0.173 e. The van der Waals surface area contributed by atoms with Crippen LogP contribution < -0.4 is 4.74 Å². The van der Waals surface area contributed by atoms with E-state index in [4.69, 9.17) is 4.74 Å². The molecule has 0 fully saturated rings. The number of rotatable bonds is 5. The van der Waals surface area contributed by atoms with Gasteiger partial charge in [-0.05, 0) is 42.8 Å². The quantitative estimate of drug-likeness (QED) is 0.625. The number of carbonyl (C=O) groups excluding carboxylic acids is 1. The SMILES string of the molecule is Cc1cc(C(=O)CBr)ccc1OCc1ccccn1. The molecule has 0 aliphatic rings. The summed E-state index contributed by atoms with van der Waals surface area (Å²) in [5.41, 5.74) is 2.52. The minimum Gasteiger partial charge on any atom is -0.487 e. The maximum atomic E-state index is 11.6. The number of carbonyl (C=O) groups is 1. The Hall–Kier alpha value is -1.68. The molecule has 0 atom stereocenters. The van der Waals surface area contributed by atoms with Crippen LogP contribution >= 0.6 is 15.9 Å². The monoisotopic (exact) mass is 319 g/mol. The van der Waals surface area contributed by atoms with Crippen molar-refractivity contribution < 1.29 is 9.53 Å². The van der Waals surface area contributed by atoms with E-state index in [0.717, 1.165) is 17.0 Å². The van der Waals surface area contributed by atoms with Crippen molar-refractivity contribution in [3.05, 3.63) is 59.4 Å². The van der Waals surface area contributed by atoms with Gasteiger partial charge in [0, 0.05) is 11.8 Å². The number of hydrogen-bond donors (Lipinski definition) is 0. The Labute approximate surface area is 120 Å². The third-order valence-electron chi connectivity index (χ3n) is 2.72. The van der Waals surface area contributed by atoms with Crippen LogP contribution in [0.3, 0.4) is 0 Å². The van der Waals surface area contributed by atoms with Gasteiger partial charge in [0.2, 0.25) is 0 Å². The highest BCUT2D eigenvalue weighted by atomic mass is 79.9. The molecule has 0 spiro atoms. The molecule has 19 heavy (non-hydrogen) atoms.